The summed E-state index contributed by atoms with van der Waals surface area (Å²) in [5.74, 6) is -0.462. The molecule has 0 aliphatic carbocycles. The van der Waals surface area contributed by atoms with E-state index in [-0.39, 0.29) is 49.7 Å². The van der Waals surface area contributed by atoms with Gasteiger partial charge in [-0.3, -0.25) is 19.1 Å². The van der Waals surface area contributed by atoms with Gasteiger partial charge in [0.15, 0.2) is 5.69 Å². The van der Waals surface area contributed by atoms with Gasteiger partial charge in [0.05, 0.1) is 24.3 Å². The van der Waals surface area contributed by atoms with Crippen LogP contribution in [-0.4, -0.2) is 79.8 Å². The minimum Gasteiger partial charge on any atom is -0.445 e. The molecule has 2 amide bonds. The molecule has 2 aliphatic heterocycles. The van der Waals surface area contributed by atoms with E-state index in [0.717, 1.165) is 6.26 Å². The number of hydrogen-bond acceptors (Lipinski definition) is 11. The number of oxazole rings is 1. The summed E-state index contributed by atoms with van der Waals surface area (Å²) in [6.45, 7) is 1.16. The molecule has 0 unspecified atom stereocenters. The number of carbonyl (C=O) groups excluding carboxylic acids is 2. The Morgan fingerprint density at radius 2 is 1.97 bits per heavy atom. The second-order valence-corrected chi connectivity index (χ2v) is 9.83. The fraction of sp³-hybridized carbons (Fsp3) is 0.450. The van der Waals surface area contributed by atoms with Crippen LogP contribution in [0, 0.1) is 10.1 Å². The van der Waals surface area contributed by atoms with Crippen molar-refractivity contribution in [3.05, 3.63) is 51.9 Å². The first-order chi connectivity index (χ1) is 16.6. The highest BCUT2D eigenvalue weighted by Crippen LogP contribution is 2.23. The average molecular weight is 509 g/mol. The van der Waals surface area contributed by atoms with Gasteiger partial charge in [0.2, 0.25) is 0 Å². The summed E-state index contributed by atoms with van der Waals surface area (Å²) in [6.07, 6.45) is 1.68. The Hall–Kier alpha value is -3.72. The number of hydrogen-bond donors (Lipinski definition) is 1. The lowest BCUT2D eigenvalue weighted by molar-refractivity contribution is -0.384. The summed E-state index contributed by atoms with van der Waals surface area (Å²) in [5, 5.41) is 13.5. The summed E-state index contributed by atoms with van der Waals surface area (Å²) < 4.78 is 37.7. The first-order valence-electron chi connectivity index (χ1n) is 10.6. The van der Waals surface area contributed by atoms with Crippen molar-refractivity contribution in [3.63, 3.8) is 0 Å². The first kappa shape index (κ1) is 24.4. The number of nitro benzene ring substituents is 1. The zero-order valence-corrected chi connectivity index (χ0v) is 19.5. The first-order valence-corrected chi connectivity index (χ1v) is 12.4. The van der Waals surface area contributed by atoms with Crippen molar-refractivity contribution in [2.24, 2.45) is 0 Å². The smallest absolute Gasteiger partial charge is 0.410 e. The molecule has 2 fully saturated rings. The van der Waals surface area contributed by atoms with Crippen molar-refractivity contribution in [2.45, 2.75) is 25.2 Å². The maximum atomic E-state index is 12.5. The third kappa shape index (κ3) is 6.24. The van der Waals surface area contributed by atoms with Gasteiger partial charge in [0.25, 0.3) is 27.7 Å². The second-order valence-electron chi connectivity index (χ2n) is 8.23. The third-order valence-electron chi connectivity index (χ3n) is 5.45. The van der Waals surface area contributed by atoms with Crippen LogP contribution in [0.1, 0.15) is 22.5 Å². The van der Waals surface area contributed by atoms with Crippen LogP contribution in [0.4, 0.5) is 16.5 Å². The van der Waals surface area contributed by atoms with Crippen LogP contribution >= 0.6 is 0 Å². The third-order valence-corrected chi connectivity index (χ3v) is 6.07. The summed E-state index contributed by atoms with van der Waals surface area (Å²) in [5.41, 5.74) is 0.630. The molecule has 14 nitrogen and oxygen atoms in total. The zero-order chi connectivity index (χ0) is 25.2. The van der Waals surface area contributed by atoms with Crippen molar-refractivity contribution in [1.82, 2.24) is 15.2 Å². The second kappa shape index (κ2) is 9.87. The van der Waals surface area contributed by atoms with E-state index < -0.39 is 33.1 Å². The van der Waals surface area contributed by atoms with E-state index in [1.807, 2.05) is 0 Å². The summed E-state index contributed by atoms with van der Waals surface area (Å²) in [7, 11) is -3.55. The lowest BCUT2D eigenvalue weighted by Crippen LogP contribution is -2.53. The number of nitrogens with one attached hydrogen (secondary N) is 1. The molecule has 1 aromatic carbocycles. The van der Waals surface area contributed by atoms with Gasteiger partial charge in [-0.1, -0.05) is 0 Å². The van der Waals surface area contributed by atoms with Gasteiger partial charge < -0.3 is 24.3 Å². The van der Waals surface area contributed by atoms with E-state index >= 15 is 0 Å². The number of likely N-dealkylation sites (tertiary alicyclic amines) is 1. The average Bonchev–Trinajstić information content (AvgIpc) is 3.44. The fourth-order valence-electron chi connectivity index (χ4n) is 3.67. The predicted molar refractivity (Wildman–Crippen MR) is 119 cm³/mol. The molecule has 0 bridgehead atoms. The molecule has 4 rings (SSSR count). The van der Waals surface area contributed by atoms with Crippen molar-refractivity contribution < 1.29 is 36.3 Å². The zero-order valence-electron chi connectivity index (χ0n) is 18.7. The highest BCUT2D eigenvalue weighted by atomic mass is 32.2. The molecule has 0 saturated carbocycles. The Morgan fingerprint density at radius 3 is 2.63 bits per heavy atom. The Labute approximate surface area is 200 Å². The maximum absolute atomic E-state index is 12.5. The van der Waals surface area contributed by atoms with Crippen LogP contribution < -0.4 is 10.2 Å². The van der Waals surface area contributed by atoms with Gasteiger partial charge in [-0.25, -0.2) is 4.79 Å². The number of benzene rings is 1. The molecule has 35 heavy (non-hydrogen) atoms. The molecule has 1 N–H and O–H groups in total. The van der Waals surface area contributed by atoms with Crippen LogP contribution in [0.15, 0.2) is 34.9 Å². The Morgan fingerprint density at radius 1 is 1.26 bits per heavy atom. The molecule has 3 heterocycles. The van der Waals surface area contributed by atoms with Crippen molar-refractivity contribution in [3.8, 4) is 0 Å². The number of amides is 2. The molecule has 2 aliphatic rings. The van der Waals surface area contributed by atoms with E-state index in [0.29, 0.717) is 18.5 Å². The van der Waals surface area contributed by atoms with Crippen molar-refractivity contribution in [2.75, 3.05) is 37.3 Å². The lowest BCUT2D eigenvalue weighted by Gasteiger charge is -2.36. The van der Waals surface area contributed by atoms with Crippen molar-refractivity contribution in [1.29, 1.82) is 0 Å². The molecule has 188 valence electrons. The van der Waals surface area contributed by atoms with Crippen LogP contribution in [-0.2, 0) is 25.6 Å². The number of nitrogens with zero attached hydrogens (tertiary/aromatic N) is 4. The number of ether oxygens (including phenoxy) is 1. The van der Waals surface area contributed by atoms with Crippen LogP contribution in [0.2, 0.25) is 0 Å². The molecule has 1 atom stereocenters. The van der Waals surface area contributed by atoms with Crippen LogP contribution in [0.25, 0.3) is 0 Å². The maximum Gasteiger partial charge on any atom is 0.410 e. The molecule has 0 spiro atoms. The molecular formula is C20H23N5O9S. The van der Waals surface area contributed by atoms with Crippen LogP contribution in [0.3, 0.4) is 0 Å². The summed E-state index contributed by atoms with van der Waals surface area (Å²) >= 11 is 0. The van der Waals surface area contributed by atoms with E-state index in [4.69, 9.17) is 13.3 Å². The van der Waals surface area contributed by atoms with Crippen molar-refractivity contribution >= 4 is 33.8 Å². The number of anilines is 1. The van der Waals surface area contributed by atoms with E-state index in [2.05, 4.69) is 10.3 Å². The Kier molecular flexibility index (Phi) is 6.88. The molecule has 1 aromatic heterocycles. The van der Waals surface area contributed by atoms with E-state index in [1.54, 1.807) is 4.90 Å². The Bertz CT molecular complexity index is 1210. The van der Waals surface area contributed by atoms with Gasteiger partial charge in [-0.2, -0.15) is 13.4 Å². The standard InChI is InChI=1S/C20H23N5O9S/c1-35(30,31)34-16-9-24(10-16)19-22-17(12-32-19)18(26)21-14-6-7-23(8-14)20(27)33-11-13-2-4-15(5-3-13)25(28)29/h2-5,12,14,16H,6-11H2,1H3,(H,21,26)/t14-/m0/s1. The lowest BCUT2D eigenvalue weighted by atomic mass is 10.2. The largest absolute Gasteiger partial charge is 0.445 e. The molecule has 2 aromatic rings. The number of nitro groups is 1. The fourth-order valence-corrected chi connectivity index (χ4v) is 4.29. The number of rotatable bonds is 8. The minimum absolute atomic E-state index is 0.0291. The van der Waals surface area contributed by atoms with Gasteiger partial charge in [-0.05, 0) is 24.1 Å². The predicted octanol–water partition coefficient (Wildman–Crippen LogP) is 0.889. The monoisotopic (exact) mass is 509 g/mol. The van der Waals surface area contributed by atoms with Crippen LogP contribution in [0.5, 0.6) is 0 Å². The molecule has 2 saturated heterocycles. The molecule has 0 radical (unpaired) electrons. The SMILES string of the molecule is CS(=O)(=O)OC1CN(c2nc(C(=O)N[C@H]3CCN(C(=O)OCc4ccc([N+](=O)[O-])cc4)C3)co2)C1. The number of aromatic nitrogens is 1. The topological polar surface area (TPSA) is 174 Å². The Balaban J connectivity index is 1.21. The van der Waals surface area contributed by atoms with Gasteiger partial charge in [0.1, 0.15) is 19.0 Å². The van der Waals surface area contributed by atoms with Gasteiger partial charge >= 0.3 is 6.09 Å². The number of non-ortho nitro benzene ring substituents is 1. The minimum atomic E-state index is -3.55. The highest BCUT2D eigenvalue weighted by Gasteiger charge is 2.34. The van der Waals surface area contributed by atoms with Gasteiger partial charge in [0, 0.05) is 31.3 Å². The number of carbonyl (C=O) groups is 2. The molecular weight excluding hydrogens is 486 g/mol. The molecule has 15 heteroatoms. The summed E-state index contributed by atoms with van der Waals surface area (Å²) in [6, 6.07) is 5.60. The summed E-state index contributed by atoms with van der Waals surface area (Å²) in [4.78, 5) is 42.3. The van der Waals surface area contributed by atoms with Gasteiger partial charge in [-0.15, -0.1) is 0 Å². The van der Waals surface area contributed by atoms with E-state index in [1.165, 1.54) is 35.4 Å². The quantitative estimate of drug-likeness (QED) is 0.304. The normalized spacial score (nSPS) is 18.3. The highest BCUT2D eigenvalue weighted by molar-refractivity contribution is 7.86. The van der Waals surface area contributed by atoms with E-state index in [9.17, 15) is 28.1 Å².